The quantitative estimate of drug-likeness (QED) is 0.696. The number of nitrogens with two attached hydrogens (primary N) is 1. The van der Waals surface area contributed by atoms with Gasteiger partial charge in [0.2, 0.25) is 5.91 Å². The van der Waals surface area contributed by atoms with Crippen LogP contribution in [0.3, 0.4) is 0 Å². The lowest BCUT2D eigenvalue weighted by atomic mass is 9.98. The summed E-state index contributed by atoms with van der Waals surface area (Å²) in [6, 6.07) is 0.357. The van der Waals surface area contributed by atoms with Gasteiger partial charge in [-0.25, -0.2) is 0 Å². The van der Waals surface area contributed by atoms with E-state index in [1.54, 1.807) is 0 Å². The standard InChI is InChI=1S/C11H20N2O/c1-10(2)7-8(10)13-9(14)11(12)5-3-4-6-11/h8H,3-7,12H2,1-2H3,(H,13,14). The van der Waals surface area contributed by atoms with E-state index >= 15 is 0 Å². The van der Waals surface area contributed by atoms with E-state index in [-0.39, 0.29) is 5.91 Å². The molecule has 0 bridgehead atoms. The Balaban J connectivity index is 1.90. The predicted octanol–water partition coefficient (Wildman–Crippen LogP) is 1.17. The van der Waals surface area contributed by atoms with Gasteiger partial charge in [0.15, 0.2) is 0 Å². The van der Waals surface area contributed by atoms with Crippen LogP contribution in [0.5, 0.6) is 0 Å². The molecule has 0 saturated heterocycles. The number of hydrogen-bond donors (Lipinski definition) is 2. The second kappa shape index (κ2) is 2.96. The van der Waals surface area contributed by atoms with E-state index in [0.29, 0.717) is 11.5 Å². The average molecular weight is 196 g/mol. The summed E-state index contributed by atoms with van der Waals surface area (Å²) in [5.41, 5.74) is 5.79. The van der Waals surface area contributed by atoms with Gasteiger partial charge >= 0.3 is 0 Å². The lowest BCUT2D eigenvalue weighted by molar-refractivity contribution is -0.126. The number of carbonyl (C=O) groups excluding carboxylic acids is 1. The van der Waals surface area contributed by atoms with E-state index in [1.807, 2.05) is 0 Å². The SMILES string of the molecule is CC1(C)CC1NC(=O)C1(N)CCCC1. The zero-order valence-electron chi connectivity index (χ0n) is 9.10. The van der Waals surface area contributed by atoms with Gasteiger partial charge in [0.1, 0.15) is 0 Å². The van der Waals surface area contributed by atoms with Crippen LogP contribution in [0.25, 0.3) is 0 Å². The summed E-state index contributed by atoms with van der Waals surface area (Å²) in [6.07, 6.45) is 4.99. The molecule has 0 aromatic heterocycles. The zero-order valence-corrected chi connectivity index (χ0v) is 9.10. The fourth-order valence-electron chi connectivity index (χ4n) is 2.25. The highest BCUT2D eigenvalue weighted by atomic mass is 16.2. The molecule has 1 unspecified atom stereocenters. The first-order chi connectivity index (χ1) is 6.44. The summed E-state index contributed by atoms with van der Waals surface area (Å²) >= 11 is 0. The van der Waals surface area contributed by atoms with Crippen molar-refractivity contribution in [1.82, 2.24) is 5.32 Å². The number of nitrogens with one attached hydrogen (secondary N) is 1. The lowest BCUT2D eigenvalue weighted by Gasteiger charge is -2.22. The highest BCUT2D eigenvalue weighted by Gasteiger charge is 2.49. The van der Waals surface area contributed by atoms with Gasteiger partial charge < -0.3 is 11.1 Å². The average Bonchev–Trinajstić information content (AvgIpc) is 2.52. The molecule has 0 aromatic rings. The highest BCUT2D eigenvalue weighted by Crippen LogP contribution is 2.45. The molecule has 0 aliphatic heterocycles. The summed E-state index contributed by atoms with van der Waals surface area (Å²) in [4.78, 5) is 11.9. The molecule has 2 saturated carbocycles. The molecule has 0 spiro atoms. The number of hydrogen-bond acceptors (Lipinski definition) is 2. The molecule has 2 rings (SSSR count). The van der Waals surface area contributed by atoms with E-state index in [1.165, 1.54) is 0 Å². The molecule has 0 aromatic carbocycles. The number of carbonyl (C=O) groups is 1. The molecule has 80 valence electrons. The predicted molar refractivity (Wildman–Crippen MR) is 55.7 cm³/mol. The molecule has 1 amide bonds. The minimum atomic E-state index is -0.557. The second-order valence-corrected chi connectivity index (χ2v) is 5.58. The Morgan fingerprint density at radius 1 is 1.36 bits per heavy atom. The molecular weight excluding hydrogens is 176 g/mol. The first-order valence-electron chi connectivity index (χ1n) is 5.54. The fourth-order valence-corrected chi connectivity index (χ4v) is 2.25. The Kier molecular flexibility index (Phi) is 2.11. The molecule has 3 nitrogen and oxygen atoms in total. The second-order valence-electron chi connectivity index (χ2n) is 5.58. The van der Waals surface area contributed by atoms with Gasteiger partial charge in [-0.15, -0.1) is 0 Å². The van der Waals surface area contributed by atoms with Gasteiger partial charge in [-0.2, -0.15) is 0 Å². The maximum atomic E-state index is 11.9. The van der Waals surface area contributed by atoms with E-state index in [4.69, 9.17) is 5.73 Å². The van der Waals surface area contributed by atoms with Gasteiger partial charge in [0.25, 0.3) is 0 Å². The molecule has 14 heavy (non-hydrogen) atoms. The molecule has 1 atom stereocenters. The largest absolute Gasteiger partial charge is 0.351 e. The van der Waals surface area contributed by atoms with Crippen LogP contribution in [-0.2, 0) is 4.79 Å². The maximum Gasteiger partial charge on any atom is 0.240 e. The van der Waals surface area contributed by atoms with Crippen molar-refractivity contribution in [1.29, 1.82) is 0 Å². The first kappa shape index (κ1) is 9.97. The van der Waals surface area contributed by atoms with Crippen molar-refractivity contribution >= 4 is 5.91 Å². The zero-order chi connectivity index (χ0) is 10.4. The van der Waals surface area contributed by atoms with Crippen LogP contribution < -0.4 is 11.1 Å². The maximum absolute atomic E-state index is 11.9. The van der Waals surface area contributed by atoms with E-state index in [0.717, 1.165) is 32.1 Å². The number of amides is 1. The fraction of sp³-hybridized carbons (Fsp3) is 0.909. The molecule has 2 fully saturated rings. The molecule has 0 heterocycles. The summed E-state index contributed by atoms with van der Waals surface area (Å²) < 4.78 is 0. The van der Waals surface area contributed by atoms with E-state index in [2.05, 4.69) is 19.2 Å². The van der Waals surface area contributed by atoms with Crippen LogP contribution in [0.2, 0.25) is 0 Å². The topological polar surface area (TPSA) is 55.1 Å². The molecule has 0 radical (unpaired) electrons. The van der Waals surface area contributed by atoms with Crippen LogP contribution in [0.1, 0.15) is 46.0 Å². The van der Waals surface area contributed by atoms with Crippen molar-refractivity contribution in [3.63, 3.8) is 0 Å². The monoisotopic (exact) mass is 196 g/mol. The summed E-state index contributed by atoms with van der Waals surface area (Å²) in [5.74, 6) is 0.0746. The van der Waals surface area contributed by atoms with Crippen LogP contribution in [0, 0.1) is 5.41 Å². The van der Waals surface area contributed by atoms with Crippen LogP contribution in [0.15, 0.2) is 0 Å². The molecule has 2 aliphatic carbocycles. The van der Waals surface area contributed by atoms with Gasteiger partial charge in [0.05, 0.1) is 5.54 Å². The number of rotatable bonds is 2. The summed E-state index contributed by atoms with van der Waals surface area (Å²) in [6.45, 7) is 4.35. The lowest BCUT2D eigenvalue weighted by Crippen LogP contribution is -2.52. The Bertz CT molecular complexity index is 254. The van der Waals surface area contributed by atoms with Crippen LogP contribution in [0.4, 0.5) is 0 Å². The van der Waals surface area contributed by atoms with E-state index in [9.17, 15) is 4.79 Å². The Morgan fingerprint density at radius 2 is 1.86 bits per heavy atom. The minimum Gasteiger partial charge on any atom is -0.351 e. The van der Waals surface area contributed by atoms with Crippen LogP contribution in [-0.4, -0.2) is 17.5 Å². The van der Waals surface area contributed by atoms with Crippen molar-refractivity contribution < 1.29 is 4.79 Å². The van der Waals surface area contributed by atoms with E-state index < -0.39 is 5.54 Å². The third kappa shape index (κ3) is 1.65. The van der Waals surface area contributed by atoms with Gasteiger partial charge in [0, 0.05) is 6.04 Å². The van der Waals surface area contributed by atoms with Gasteiger partial charge in [-0.3, -0.25) is 4.79 Å². The molecule has 3 heteroatoms. The molecule has 3 N–H and O–H groups in total. The molecule has 2 aliphatic rings. The van der Waals surface area contributed by atoms with Crippen molar-refractivity contribution in [3.05, 3.63) is 0 Å². The highest BCUT2D eigenvalue weighted by molar-refractivity contribution is 5.87. The summed E-state index contributed by atoms with van der Waals surface area (Å²) in [7, 11) is 0. The van der Waals surface area contributed by atoms with Crippen LogP contribution >= 0.6 is 0 Å². The van der Waals surface area contributed by atoms with Crippen molar-refractivity contribution in [2.24, 2.45) is 11.1 Å². The normalized spacial score (nSPS) is 32.6. The first-order valence-corrected chi connectivity index (χ1v) is 5.54. The van der Waals surface area contributed by atoms with Crippen molar-refractivity contribution in [2.75, 3.05) is 0 Å². The van der Waals surface area contributed by atoms with Crippen molar-refractivity contribution in [3.8, 4) is 0 Å². The smallest absolute Gasteiger partial charge is 0.240 e. The Morgan fingerprint density at radius 3 is 2.29 bits per heavy atom. The molecular formula is C11H20N2O. The Hall–Kier alpha value is -0.570. The van der Waals surface area contributed by atoms with Gasteiger partial charge in [-0.1, -0.05) is 26.7 Å². The minimum absolute atomic E-state index is 0.0746. The Labute approximate surface area is 85.4 Å². The third-order valence-corrected chi connectivity index (χ3v) is 3.77. The van der Waals surface area contributed by atoms with Crippen molar-refractivity contribution in [2.45, 2.75) is 57.5 Å². The summed E-state index contributed by atoms with van der Waals surface area (Å²) in [5, 5.41) is 3.06. The van der Waals surface area contributed by atoms with Gasteiger partial charge in [-0.05, 0) is 24.7 Å². The third-order valence-electron chi connectivity index (χ3n) is 3.77.